The number of hydrogen-bond acceptors (Lipinski definition) is 3. The topological polar surface area (TPSA) is 101 Å². The van der Waals surface area contributed by atoms with Crippen LogP contribution in [-0.2, 0) is 9.59 Å². The van der Waals surface area contributed by atoms with Crippen molar-refractivity contribution in [1.29, 1.82) is 0 Å². The second-order valence-corrected chi connectivity index (χ2v) is 2.88. The van der Waals surface area contributed by atoms with Crippen LogP contribution < -0.4 is 5.73 Å². The van der Waals surface area contributed by atoms with Crippen LogP contribution in [0.5, 0.6) is 0 Å². The third-order valence-electron chi connectivity index (χ3n) is 2.05. The van der Waals surface area contributed by atoms with Crippen molar-refractivity contribution in [1.82, 2.24) is 0 Å². The quantitative estimate of drug-likeness (QED) is 0.556. The van der Waals surface area contributed by atoms with E-state index in [1.165, 1.54) is 0 Å². The molecule has 0 aromatic carbocycles. The Morgan fingerprint density at radius 2 is 1.85 bits per heavy atom. The van der Waals surface area contributed by atoms with Crippen LogP contribution in [0.1, 0.15) is 0 Å². The van der Waals surface area contributed by atoms with Crippen LogP contribution in [0.4, 0.5) is 8.78 Å². The van der Waals surface area contributed by atoms with E-state index in [1.54, 1.807) is 0 Å². The first-order valence-electron chi connectivity index (χ1n) is 3.39. The number of carbonyl (C=O) groups is 2. The SMILES string of the molecule is N[C@@H](C(=O)O)C1C(C(=O)O)C1(F)F. The zero-order chi connectivity index (χ0) is 10.4. The average Bonchev–Trinajstić information content (AvgIpc) is 2.51. The summed E-state index contributed by atoms with van der Waals surface area (Å²) in [6.45, 7) is 0. The molecule has 13 heavy (non-hydrogen) atoms. The first-order chi connectivity index (χ1) is 5.80. The lowest BCUT2D eigenvalue weighted by Crippen LogP contribution is -2.34. The van der Waals surface area contributed by atoms with Gasteiger partial charge in [0.15, 0.2) is 0 Å². The Bertz CT molecular complexity index is 267. The fourth-order valence-electron chi connectivity index (χ4n) is 1.27. The maximum Gasteiger partial charge on any atom is 0.321 e. The first kappa shape index (κ1) is 9.85. The van der Waals surface area contributed by atoms with E-state index in [0.29, 0.717) is 0 Å². The fourth-order valence-corrected chi connectivity index (χ4v) is 1.27. The summed E-state index contributed by atoms with van der Waals surface area (Å²) in [5.74, 6) is -10.6. The van der Waals surface area contributed by atoms with Gasteiger partial charge in [0.2, 0.25) is 0 Å². The molecule has 2 unspecified atom stereocenters. The van der Waals surface area contributed by atoms with Gasteiger partial charge in [0, 0.05) is 0 Å². The molecule has 74 valence electrons. The molecule has 5 nitrogen and oxygen atoms in total. The molecule has 0 radical (unpaired) electrons. The van der Waals surface area contributed by atoms with E-state index in [4.69, 9.17) is 15.9 Å². The highest BCUT2D eigenvalue weighted by atomic mass is 19.3. The van der Waals surface area contributed by atoms with Crippen molar-refractivity contribution in [2.45, 2.75) is 12.0 Å². The second kappa shape index (κ2) is 2.63. The maximum atomic E-state index is 12.6. The van der Waals surface area contributed by atoms with Gasteiger partial charge >= 0.3 is 11.9 Å². The third-order valence-corrected chi connectivity index (χ3v) is 2.05. The number of carboxylic acid groups (broad SMARTS) is 2. The normalized spacial score (nSPS) is 32.2. The molecule has 0 aromatic rings. The number of alkyl halides is 2. The summed E-state index contributed by atoms with van der Waals surface area (Å²) in [5.41, 5.74) is 4.88. The monoisotopic (exact) mass is 195 g/mol. The van der Waals surface area contributed by atoms with Gasteiger partial charge in [-0.05, 0) is 0 Å². The van der Waals surface area contributed by atoms with Crippen LogP contribution in [0.25, 0.3) is 0 Å². The summed E-state index contributed by atoms with van der Waals surface area (Å²) in [6, 6.07) is -1.82. The van der Waals surface area contributed by atoms with Crippen LogP contribution in [0, 0.1) is 11.8 Å². The maximum absolute atomic E-state index is 12.6. The van der Waals surface area contributed by atoms with Crippen molar-refractivity contribution in [3.05, 3.63) is 0 Å². The van der Waals surface area contributed by atoms with E-state index in [9.17, 15) is 18.4 Å². The van der Waals surface area contributed by atoms with Crippen LogP contribution in [0.3, 0.4) is 0 Å². The molecule has 0 saturated heterocycles. The minimum absolute atomic E-state index is 1.62. The second-order valence-electron chi connectivity index (χ2n) is 2.88. The van der Waals surface area contributed by atoms with Gasteiger partial charge in [-0.2, -0.15) is 0 Å². The molecule has 3 atom stereocenters. The van der Waals surface area contributed by atoms with Crippen molar-refractivity contribution >= 4 is 11.9 Å². The molecule has 1 aliphatic carbocycles. The highest BCUT2D eigenvalue weighted by Gasteiger charge is 2.75. The summed E-state index contributed by atoms with van der Waals surface area (Å²) in [4.78, 5) is 20.4. The van der Waals surface area contributed by atoms with Gasteiger partial charge in [0.25, 0.3) is 5.92 Å². The molecule has 1 aliphatic rings. The number of rotatable bonds is 3. The lowest BCUT2D eigenvalue weighted by atomic mass is 10.1. The Balaban J connectivity index is 2.76. The Morgan fingerprint density at radius 1 is 1.38 bits per heavy atom. The van der Waals surface area contributed by atoms with E-state index in [-0.39, 0.29) is 0 Å². The zero-order valence-electron chi connectivity index (χ0n) is 6.28. The first-order valence-corrected chi connectivity index (χ1v) is 3.39. The number of halogens is 2. The summed E-state index contributed by atoms with van der Waals surface area (Å²) < 4.78 is 25.2. The summed E-state index contributed by atoms with van der Waals surface area (Å²) in [6.07, 6.45) is 0. The molecule has 7 heteroatoms. The largest absolute Gasteiger partial charge is 0.481 e. The standard InChI is InChI=1S/C6H7F2NO4/c7-6(8)1(2(6)4(10)11)3(9)5(12)13/h1-3H,9H2,(H,10,11)(H,12,13)/t1?,2?,3-/m1/s1. The lowest BCUT2D eigenvalue weighted by molar-refractivity contribution is -0.141. The molecule has 1 rings (SSSR count). The van der Waals surface area contributed by atoms with Crippen LogP contribution >= 0.6 is 0 Å². The van der Waals surface area contributed by atoms with Crippen molar-refractivity contribution in [2.24, 2.45) is 17.6 Å². The lowest BCUT2D eigenvalue weighted by Gasteiger charge is -2.02. The number of hydrogen-bond donors (Lipinski definition) is 3. The van der Waals surface area contributed by atoms with Gasteiger partial charge in [-0.15, -0.1) is 0 Å². The van der Waals surface area contributed by atoms with Crippen LogP contribution in [-0.4, -0.2) is 34.1 Å². The highest BCUT2D eigenvalue weighted by molar-refractivity contribution is 5.81. The van der Waals surface area contributed by atoms with Crippen molar-refractivity contribution in [3.8, 4) is 0 Å². The van der Waals surface area contributed by atoms with Crippen molar-refractivity contribution < 1.29 is 28.6 Å². The van der Waals surface area contributed by atoms with E-state index in [1.807, 2.05) is 0 Å². The minimum Gasteiger partial charge on any atom is -0.481 e. The van der Waals surface area contributed by atoms with Crippen LogP contribution in [0.2, 0.25) is 0 Å². The molecule has 0 spiro atoms. The summed E-state index contributed by atoms with van der Waals surface area (Å²) >= 11 is 0. The summed E-state index contributed by atoms with van der Waals surface area (Å²) in [5, 5.41) is 16.5. The molecule has 1 fully saturated rings. The smallest absolute Gasteiger partial charge is 0.321 e. The minimum atomic E-state index is -3.50. The Labute approximate surface area is 71.1 Å². The fraction of sp³-hybridized carbons (Fsp3) is 0.667. The Morgan fingerprint density at radius 3 is 2.08 bits per heavy atom. The number of aliphatic carboxylic acids is 2. The molecule has 4 N–H and O–H groups in total. The van der Waals surface area contributed by atoms with Gasteiger partial charge in [0.1, 0.15) is 12.0 Å². The average molecular weight is 195 g/mol. The van der Waals surface area contributed by atoms with Crippen molar-refractivity contribution in [2.75, 3.05) is 0 Å². The van der Waals surface area contributed by atoms with E-state index < -0.39 is 35.7 Å². The van der Waals surface area contributed by atoms with E-state index in [0.717, 1.165) is 0 Å². The molecule has 0 aliphatic heterocycles. The highest BCUT2D eigenvalue weighted by Crippen LogP contribution is 2.56. The van der Waals surface area contributed by atoms with Crippen molar-refractivity contribution in [3.63, 3.8) is 0 Å². The molecular formula is C6H7F2NO4. The summed E-state index contributed by atoms with van der Waals surface area (Å²) in [7, 11) is 0. The van der Waals surface area contributed by atoms with Gasteiger partial charge in [-0.3, -0.25) is 9.59 Å². The third kappa shape index (κ3) is 1.35. The van der Waals surface area contributed by atoms with E-state index in [2.05, 4.69) is 0 Å². The van der Waals surface area contributed by atoms with Gasteiger partial charge in [-0.25, -0.2) is 8.78 Å². The van der Waals surface area contributed by atoms with E-state index >= 15 is 0 Å². The molecule has 0 heterocycles. The number of nitrogens with two attached hydrogens (primary N) is 1. The predicted molar refractivity (Wildman–Crippen MR) is 35.2 cm³/mol. The van der Waals surface area contributed by atoms with Gasteiger partial charge < -0.3 is 15.9 Å². The molecule has 0 aromatic heterocycles. The molecular weight excluding hydrogens is 188 g/mol. The molecule has 0 bridgehead atoms. The van der Waals surface area contributed by atoms with Crippen LogP contribution in [0.15, 0.2) is 0 Å². The predicted octanol–water partition coefficient (Wildman–Crippen LogP) is -0.636. The zero-order valence-corrected chi connectivity index (χ0v) is 6.28. The molecule has 1 saturated carbocycles. The van der Waals surface area contributed by atoms with Gasteiger partial charge in [0.05, 0.1) is 5.92 Å². The Hall–Kier alpha value is -1.24. The van der Waals surface area contributed by atoms with Gasteiger partial charge in [-0.1, -0.05) is 0 Å². The Kier molecular flexibility index (Phi) is 1.99. The molecule has 0 amide bonds. The number of carboxylic acids is 2.